The van der Waals surface area contributed by atoms with E-state index in [1.807, 2.05) is 35.1 Å². The van der Waals surface area contributed by atoms with Crippen LogP contribution in [0.5, 0.6) is 0 Å². The van der Waals surface area contributed by atoms with Gasteiger partial charge < -0.3 is 4.98 Å². The van der Waals surface area contributed by atoms with Crippen molar-refractivity contribution in [2.24, 2.45) is 0 Å². The maximum atomic E-state index is 13.0. The van der Waals surface area contributed by atoms with Gasteiger partial charge in [0.1, 0.15) is 0 Å². The van der Waals surface area contributed by atoms with Crippen LogP contribution in [-0.4, -0.2) is 47.7 Å². The quantitative estimate of drug-likeness (QED) is 0.478. The van der Waals surface area contributed by atoms with Gasteiger partial charge in [-0.05, 0) is 43.0 Å². The summed E-state index contributed by atoms with van der Waals surface area (Å²) in [6.45, 7) is 5.04. The van der Waals surface area contributed by atoms with Crippen LogP contribution in [0.25, 0.3) is 21.8 Å². The van der Waals surface area contributed by atoms with Crippen LogP contribution < -0.4 is 4.72 Å². The minimum atomic E-state index is -3.63. The van der Waals surface area contributed by atoms with E-state index in [-0.39, 0.29) is 17.5 Å². The Bertz CT molecular complexity index is 1300. The zero-order valence-corrected chi connectivity index (χ0v) is 17.7. The first-order valence-corrected chi connectivity index (χ1v) is 11.8. The molecule has 0 radical (unpaired) electrons. The fraction of sp³-hybridized carbons (Fsp3) is 0.318. The number of sulfonamides is 1. The summed E-state index contributed by atoms with van der Waals surface area (Å²) in [6, 6.07) is 15.1. The molecule has 0 bridgehead atoms. The summed E-state index contributed by atoms with van der Waals surface area (Å²) >= 11 is 0. The molecule has 1 aliphatic heterocycles. The van der Waals surface area contributed by atoms with Crippen molar-refractivity contribution in [2.45, 2.75) is 30.8 Å². The summed E-state index contributed by atoms with van der Waals surface area (Å²) in [6.07, 6.45) is 2.93. The van der Waals surface area contributed by atoms with Crippen molar-refractivity contribution >= 4 is 31.8 Å². The lowest BCUT2D eigenvalue weighted by Crippen LogP contribution is -2.45. The van der Waals surface area contributed by atoms with E-state index in [1.54, 1.807) is 12.1 Å². The first kappa shape index (κ1) is 19.3. The van der Waals surface area contributed by atoms with E-state index >= 15 is 0 Å². The molecule has 8 heteroatoms. The molecule has 1 unspecified atom stereocenters. The zero-order valence-electron chi connectivity index (χ0n) is 16.9. The van der Waals surface area contributed by atoms with Crippen LogP contribution in [0.3, 0.4) is 0 Å². The highest BCUT2D eigenvalue weighted by atomic mass is 32.2. The van der Waals surface area contributed by atoms with E-state index in [0.717, 1.165) is 53.6 Å². The third-order valence-corrected chi connectivity index (χ3v) is 7.36. The van der Waals surface area contributed by atoms with E-state index in [0.29, 0.717) is 0 Å². The van der Waals surface area contributed by atoms with Crippen LogP contribution in [0.4, 0.5) is 0 Å². The Kier molecular flexibility index (Phi) is 4.85. The van der Waals surface area contributed by atoms with Gasteiger partial charge in [-0.3, -0.25) is 9.58 Å². The number of para-hydroxylation sites is 1. The molecule has 1 atom stereocenters. The fourth-order valence-corrected chi connectivity index (χ4v) is 5.22. The average Bonchev–Trinajstić information content (AvgIpc) is 3.33. The highest BCUT2D eigenvalue weighted by Crippen LogP contribution is 2.31. The number of hydrogen-bond acceptors (Lipinski definition) is 4. The molecule has 0 amide bonds. The van der Waals surface area contributed by atoms with Crippen molar-refractivity contribution in [3.05, 3.63) is 60.4 Å². The van der Waals surface area contributed by atoms with Crippen molar-refractivity contribution in [1.29, 1.82) is 0 Å². The van der Waals surface area contributed by atoms with Crippen molar-refractivity contribution in [2.75, 3.05) is 19.6 Å². The summed E-state index contributed by atoms with van der Waals surface area (Å²) < 4.78 is 30.9. The van der Waals surface area contributed by atoms with Crippen molar-refractivity contribution in [3.63, 3.8) is 0 Å². The summed E-state index contributed by atoms with van der Waals surface area (Å²) in [5, 5.41) is 6.93. The Balaban J connectivity index is 1.46. The molecular formula is C22H25N5O2S. The molecule has 5 rings (SSSR count). The SMILES string of the molecule is CCn1nc(C(CNS(=O)(=O)c2ccc3cc[nH]c3c2)N2CCC2)c2ccccc21. The number of likely N-dealkylation sites (tertiary alicyclic amines) is 1. The second-order valence-corrected chi connectivity index (χ2v) is 9.47. The molecule has 0 spiro atoms. The third-order valence-electron chi connectivity index (χ3n) is 5.94. The highest BCUT2D eigenvalue weighted by molar-refractivity contribution is 7.89. The first-order chi connectivity index (χ1) is 14.6. The van der Waals surface area contributed by atoms with Gasteiger partial charge in [0.05, 0.1) is 22.1 Å². The molecule has 2 aromatic carbocycles. The normalized spacial score (nSPS) is 16.2. The molecule has 156 valence electrons. The van der Waals surface area contributed by atoms with E-state index in [1.165, 1.54) is 0 Å². The number of hydrogen-bond donors (Lipinski definition) is 2. The standard InChI is InChI=1S/C22H25N5O2S/c1-2-27-20-7-4-3-6-18(20)22(25-27)21(26-12-5-13-26)15-24-30(28,29)17-9-8-16-10-11-23-19(16)14-17/h3-4,6-11,14,21,23-24H,2,5,12-13,15H2,1H3. The number of nitrogens with one attached hydrogen (secondary N) is 2. The number of aromatic nitrogens is 3. The molecule has 1 fully saturated rings. The lowest BCUT2D eigenvalue weighted by atomic mass is 10.0. The molecule has 7 nitrogen and oxygen atoms in total. The minimum Gasteiger partial charge on any atom is -0.361 e. The minimum absolute atomic E-state index is 0.0968. The van der Waals surface area contributed by atoms with E-state index < -0.39 is 10.0 Å². The second-order valence-electron chi connectivity index (χ2n) is 7.70. The van der Waals surface area contributed by atoms with Crippen LogP contribution in [0.15, 0.2) is 59.6 Å². The lowest BCUT2D eigenvalue weighted by Gasteiger charge is -2.37. The van der Waals surface area contributed by atoms with Gasteiger partial charge in [0.25, 0.3) is 0 Å². The largest absolute Gasteiger partial charge is 0.361 e. The van der Waals surface area contributed by atoms with E-state index in [2.05, 4.69) is 33.7 Å². The molecule has 2 aromatic heterocycles. The Labute approximate surface area is 175 Å². The predicted octanol–water partition coefficient (Wildman–Crippen LogP) is 3.26. The Morgan fingerprint density at radius 2 is 2.00 bits per heavy atom. The molecule has 1 saturated heterocycles. The van der Waals surface area contributed by atoms with Crippen LogP contribution >= 0.6 is 0 Å². The van der Waals surface area contributed by atoms with Gasteiger partial charge in [-0.2, -0.15) is 5.10 Å². The first-order valence-electron chi connectivity index (χ1n) is 10.3. The van der Waals surface area contributed by atoms with Crippen LogP contribution in [0.2, 0.25) is 0 Å². The van der Waals surface area contributed by atoms with E-state index in [9.17, 15) is 8.42 Å². The van der Waals surface area contributed by atoms with Crippen LogP contribution in [-0.2, 0) is 16.6 Å². The monoisotopic (exact) mass is 423 g/mol. The molecule has 1 aliphatic rings. The van der Waals surface area contributed by atoms with Crippen LogP contribution in [0, 0.1) is 0 Å². The lowest BCUT2D eigenvalue weighted by molar-refractivity contribution is 0.117. The fourth-order valence-electron chi connectivity index (χ4n) is 4.16. The number of nitrogens with zero attached hydrogens (tertiary/aromatic N) is 3. The second kappa shape index (κ2) is 7.54. The number of benzene rings is 2. The molecule has 2 N–H and O–H groups in total. The Morgan fingerprint density at radius 3 is 2.77 bits per heavy atom. The van der Waals surface area contributed by atoms with Gasteiger partial charge >= 0.3 is 0 Å². The van der Waals surface area contributed by atoms with Gasteiger partial charge in [-0.25, -0.2) is 13.1 Å². The van der Waals surface area contributed by atoms with Gasteiger partial charge in [-0.1, -0.05) is 24.3 Å². The van der Waals surface area contributed by atoms with Gasteiger partial charge in [-0.15, -0.1) is 0 Å². The molecule has 0 saturated carbocycles. The highest BCUT2D eigenvalue weighted by Gasteiger charge is 2.30. The van der Waals surface area contributed by atoms with Gasteiger partial charge in [0, 0.05) is 43.3 Å². The topological polar surface area (TPSA) is 83.0 Å². The van der Waals surface area contributed by atoms with Crippen molar-refractivity contribution in [3.8, 4) is 0 Å². The molecule has 3 heterocycles. The summed E-state index contributed by atoms with van der Waals surface area (Å²) in [7, 11) is -3.63. The Morgan fingerprint density at radius 1 is 1.17 bits per heavy atom. The maximum Gasteiger partial charge on any atom is 0.240 e. The van der Waals surface area contributed by atoms with Crippen molar-refractivity contribution in [1.82, 2.24) is 24.4 Å². The molecule has 4 aromatic rings. The van der Waals surface area contributed by atoms with Crippen LogP contribution in [0.1, 0.15) is 25.1 Å². The molecular weight excluding hydrogens is 398 g/mol. The number of fused-ring (bicyclic) bond motifs is 2. The average molecular weight is 424 g/mol. The van der Waals surface area contributed by atoms with Crippen molar-refractivity contribution < 1.29 is 8.42 Å². The van der Waals surface area contributed by atoms with Gasteiger partial charge in [0.15, 0.2) is 0 Å². The zero-order chi connectivity index (χ0) is 20.7. The number of H-pyrrole nitrogens is 1. The van der Waals surface area contributed by atoms with Gasteiger partial charge in [0.2, 0.25) is 10.0 Å². The number of aryl methyl sites for hydroxylation is 1. The summed E-state index contributed by atoms with van der Waals surface area (Å²) in [5.41, 5.74) is 2.83. The predicted molar refractivity (Wildman–Crippen MR) is 118 cm³/mol. The maximum absolute atomic E-state index is 13.0. The summed E-state index contributed by atoms with van der Waals surface area (Å²) in [4.78, 5) is 5.64. The number of rotatable bonds is 7. The molecule has 0 aliphatic carbocycles. The smallest absolute Gasteiger partial charge is 0.240 e. The third kappa shape index (κ3) is 3.30. The van der Waals surface area contributed by atoms with E-state index in [4.69, 9.17) is 5.10 Å². The molecule has 30 heavy (non-hydrogen) atoms. The number of aromatic amines is 1. The Hall–Kier alpha value is -2.68. The summed E-state index contributed by atoms with van der Waals surface area (Å²) in [5.74, 6) is 0.